The minimum absolute atomic E-state index is 0.0565. The van der Waals surface area contributed by atoms with Crippen LogP contribution in [0.5, 0.6) is 5.75 Å². The Kier molecular flexibility index (Phi) is 2.91. The number of hydrogen-bond donors (Lipinski definition) is 1. The normalized spacial score (nSPS) is 16.2. The largest absolute Gasteiger partial charge is 0.484 e. The lowest BCUT2D eigenvalue weighted by Gasteiger charge is -2.28. The van der Waals surface area contributed by atoms with Gasteiger partial charge in [-0.15, -0.1) is 0 Å². The van der Waals surface area contributed by atoms with Crippen LogP contribution in [0.1, 0.15) is 18.1 Å². The molecule has 1 unspecified atom stereocenters. The van der Waals surface area contributed by atoms with Gasteiger partial charge in [-0.3, -0.25) is 4.79 Å². The predicted octanol–water partition coefficient (Wildman–Crippen LogP) is 3.92. The molecule has 0 saturated carbocycles. The van der Waals surface area contributed by atoms with Crippen molar-refractivity contribution in [2.24, 2.45) is 0 Å². The zero-order valence-electron chi connectivity index (χ0n) is 9.97. The van der Waals surface area contributed by atoms with E-state index in [-0.39, 0.29) is 6.42 Å². The summed E-state index contributed by atoms with van der Waals surface area (Å²) in [5.41, 5.74) is 2.78. The molecule has 0 saturated heterocycles. The summed E-state index contributed by atoms with van der Waals surface area (Å²) < 4.78 is 5.78. The van der Waals surface area contributed by atoms with Crippen LogP contribution in [-0.2, 0) is 4.79 Å². The Morgan fingerprint density at radius 2 is 2.00 bits per heavy atom. The van der Waals surface area contributed by atoms with Gasteiger partial charge in [0.1, 0.15) is 11.9 Å². The van der Waals surface area contributed by atoms with Gasteiger partial charge in [-0.1, -0.05) is 35.9 Å². The maximum Gasteiger partial charge on any atom is 0.307 e. The number of aliphatic carboxylic acids is 1. The first kappa shape index (κ1) is 12.1. The molecule has 3 rings (SSSR count). The van der Waals surface area contributed by atoms with E-state index in [1.807, 2.05) is 30.3 Å². The van der Waals surface area contributed by atoms with Crippen molar-refractivity contribution >= 4 is 17.6 Å². The fourth-order valence-electron chi connectivity index (χ4n) is 2.37. The van der Waals surface area contributed by atoms with E-state index in [1.165, 1.54) is 0 Å². The van der Waals surface area contributed by atoms with Crippen LogP contribution in [0.15, 0.2) is 42.5 Å². The third-order valence-electron chi connectivity index (χ3n) is 3.17. The van der Waals surface area contributed by atoms with Crippen molar-refractivity contribution in [2.45, 2.75) is 12.5 Å². The summed E-state index contributed by atoms with van der Waals surface area (Å²) in [6, 6.07) is 13.0. The van der Waals surface area contributed by atoms with E-state index in [1.54, 1.807) is 12.1 Å². The van der Waals surface area contributed by atoms with Crippen molar-refractivity contribution < 1.29 is 14.6 Å². The molecule has 1 N–H and O–H groups in total. The number of hydrogen-bond acceptors (Lipinski definition) is 2. The number of fused-ring (bicyclic) bond motifs is 3. The third kappa shape index (κ3) is 2.17. The molecule has 3 nitrogen and oxygen atoms in total. The van der Waals surface area contributed by atoms with Crippen molar-refractivity contribution in [1.82, 2.24) is 0 Å². The zero-order chi connectivity index (χ0) is 13.4. The molecule has 4 heteroatoms. The monoisotopic (exact) mass is 274 g/mol. The predicted molar refractivity (Wildman–Crippen MR) is 72.5 cm³/mol. The SMILES string of the molecule is O=C(O)CC1Oc2ccc(Cl)cc2-c2ccccc21. The molecule has 0 amide bonds. The Labute approximate surface area is 115 Å². The van der Waals surface area contributed by atoms with Crippen LogP contribution in [0, 0.1) is 0 Å². The number of carboxylic acids is 1. The van der Waals surface area contributed by atoms with Gasteiger partial charge in [0, 0.05) is 16.1 Å². The van der Waals surface area contributed by atoms with Gasteiger partial charge in [-0.2, -0.15) is 0 Å². The number of rotatable bonds is 2. The first-order valence-corrected chi connectivity index (χ1v) is 6.30. The minimum atomic E-state index is -0.878. The lowest BCUT2D eigenvalue weighted by Crippen LogP contribution is -2.17. The third-order valence-corrected chi connectivity index (χ3v) is 3.40. The van der Waals surface area contributed by atoms with Gasteiger partial charge in [0.15, 0.2) is 0 Å². The molecule has 0 aromatic heterocycles. The average molecular weight is 275 g/mol. The Balaban J connectivity index is 2.15. The van der Waals surface area contributed by atoms with Crippen LogP contribution in [0.25, 0.3) is 11.1 Å². The quantitative estimate of drug-likeness (QED) is 0.903. The first-order chi connectivity index (χ1) is 9.15. The summed E-state index contributed by atoms with van der Waals surface area (Å²) in [6.07, 6.45) is -0.513. The van der Waals surface area contributed by atoms with Crippen LogP contribution in [0.3, 0.4) is 0 Å². The van der Waals surface area contributed by atoms with Gasteiger partial charge >= 0.3 is 5.97 Å². The molecule has 96 valence electrons. The van der Waals surface area contributed by atoms with Crippen molar-refractivity contribution in [3.05, 3.63) is 53.1 Å². The summed E-state index contributed by atoms with van der Waals surface area (Å²) >= 11 is 6.01. The maximum atomic E-state index is 10.9. The molecule has 1 heterocycles. The fraction of sp³-hybridized carbons (Fsp3) is 0.133. The maximum absolute atomic E-state index is 10.9. The molecular formula is C15H11ClO3. The molecule has 0 bridgehead atoms. The molecule has 0 spiro atoms. The van der Waals surface area contributed by atoms with E-state index in [0.717, 1.165) is 16.7 Å². The van der Waals surface area contributed by atoms with Gasteiger partial charge < -0.3 is 9.84 Å². The van der Waals surface area contributed by atoms with E-state index in [4.69, 9.17) is 21.4 Å². The van der Waals surface area contributed by atoms with Gasteiger partial charge in [0.2, 0.25) is 0 Å². The number of carboxylic acid groups (broad SMARTS) is 1. The standard InChI is InChI=1S/C15H11ClO3/c16-9-5-6-13-12(7-9)10-3-1-2-4-11(10)14(19-13)8-15(17)18/h1-7,14H,8H2,(H,17,18). The van der Waals surface area contributed by atoms with E-state index in [9.17, 15) is 4.79 Å². The summed E-state index contributed by atoms with van der Waals surface area (Å²) in [6.45, 7) is 0. The Morgan fingerprint density at radius 3 is 2.79 bits per heavy atom. The van der Waals surface area contributed by atoms with Crippen molar-refractivity contribution in [3.8, 4) is 16.9 Å². The summed E-state index contributed by atoms with van der Waals surface area (Å²) in [4.78, 5) is 10.9. The fourth-order valence-corrected chi connectivity index (χ4v) is 2.54. The summed E-state index contributed by atoms with van der Waals surface area (Å²) in [5, 5.41) is 9.62. The molecule has 1 aliphatic rings. The van der Waals surface area contributed by atoms with E-state index in [0.29, 0.717) is 10.8 Å². The number of benzene rings is 2. The lowest BCUT2D eigenvalue weighted by molar-refractivity contribution is -0.138. The summed E-state index contributed by atoms with van der Waals surface area (Å²) in [5.74, 6) is -0.202. The molecule has 1 atom stereocenters. The lowest BCUT2D eigenvalue weighted by atomic mass is 9.91. The second-order valence-electron chi connectivity index (χ2n) is 4.43. The molecular weight excluding hydrogens is 264 g/mol. The summed E-state index contributed by atoms with van der Waals surface area (Å²) in [7, 11) is 0. The number of ether oxygens (including phenoxy) is 1. The van der Waals surface area contributed by atoms with Crippen LogP contribution in [0.2, 0.25) is 5.02 Å². The molecule has 19 heavy (non-hydrogen) atoms. The molecule has 0 fully saturated rings. The van der Waals surface area contributed by atoms with Gasteiger partial charge in [-0.25, -0.2) is 0 Å². The highest BCUT2D eigenvalue weighted by atomic mass is 35.5. The highest BCUT2D eigenvalue weighted by Crippen LogP contribution is 2.44. The zero-order valence-corrected chi connectivity index (χ0v) is 10.7. The first-order valence-electron chi connectivity index (χ1n) is 5.92. The van der Waals surface area contributed by atoms with Crippen molar-refractivity contribution in [2.75, 3.05) is 0 Å². The van der Waals surface area contributed by atoms with E-state index >= 15 is 0 Å². The minimum Gasteiger partial charge on any atom is -0.484 e. The van der Waals surface area contributed by atoms with Gasteiger partial charge in [0.05, 0.1) is 6.42 Å². The topological polar surface area (TPSA) is 46.5 Å². The smallest absolute Gasteiger partial charge is 0.307 e. The highest BCUT2D eigenvalue weighted by molar-refractivity contribution is 6.31. The number of carbonyl (C=O) groups is 1. The Hall–Kier alpha value is -2.00. The van der Waals surface area contributed by atoms with E-state index in [2.05, 4.69) is 0 Å². The van der Waals surface area contributed by atoms with Crippen LogP contribution >= 0.6 is 11.6 Å². The van der Waals surface area contributed by atoms with Crippen LogP contribution in [-0.4, -0.2) is 11.1 Å². The van der Waals surface area contributed by atoms with Crippen molar-refractivity contribution in [3.63, 3.8) is 0 Å². The molecule has 2 aromatic rings. The van der Waals surface area contributed by atoms with E-state index < -0.39 is 12.1 Å². The molecule has 0 radical (unpaired) electrons. The van der Waals surface area contributed by atoms with Gasteiger partial charge in [0.25, 0.3) is 0 Å². The van der Waals surface area contributed by atoms with Crippen LogP contribution < -0.4 is 4.74 Å². The molecule has 0 aliphatic carbocycles. The molecule has 2 aromatic carbocycles. The second-order valence-corrected chi connectivity index (χ2v) is 4.87. The second kappa shape index (κ2) is 4.59. The Bertz CT molecular complexity index is 652. The Morgan fingerprint density at radius 1 is 1.21 bits per heavy atom. The molecule has 1 aliphatic heterocycles. The van der Waals surface area contributed by atoms with Crippen LogP contribution in [0.4, 0.5) is 0 Å². The van der Waals surface area contributed by atoms with Crippen molar-refractivity contribution in [1.29, 1.82) is 0 Å². The number of halogens is 1. The highest BCUT2D eigenvalue weighted by Gasteiger charge is 2.27. The van der Waals surface area contributed by atoms with Gasteiger partial charge in [-0.05, 0) is 23.8 Å². The average Bonchev–Trinajstić information content (AvgIpc) is 2.39.